The fourth-order valence-corrected chi connectivity index (χ4v) is 3.75. The maximum absolute atomic E-state index is 4.68. The van der Waals surface area contributed by atoms with Gasteiger partial charge in [0.05, 0.1) is 0 Å². The third-order valence-electron chi connectivity index (χ3n) is 3.18. The number of nitrogens with one attached hydrogen (secondary N) is 1. The van der Waals surface area contributed by atoms with Gasteiger partial charge in [-0.05, 0) is 44.7 Å². The van der Waals surface area contributed by atoms with E-state index in [9.17, 15) is 0 Å². The van der Waals surface area contributed by atoms with Crippen LogP contribution >= 0.6 is 23.1 Å². The fourth-order valence-electron chi connectivity index (χ4n) is 1.88. The maximum Gasteiger partial charge on any atom is 0.206 e. The molecule has 3 aromatic heterocycles. The Morgan fingerprint density at radius 2 is 2.09 bits per heavy atom. The minimum absolute atomic E-state index is 0.681. The van der Waals surface area contributed by atoms with Crippen molar-refractivity contribution in [3.05, 3.63) is 35.8 Å². The van der Waals surface area contributed by atoms with Gasteiger partial charge in [-0.1, -0.05) is 11.3 Å². The first-order chi connectivity index (χ1) is 11.2. The number of aryl methyl sites for hydroxylation is 1. The third kappa shape index (κ3) is 3.65. The molecule has 0 spiro atoms. The van der Waals surface area contributed by atoms with Crippen molar-refractivity contribution < 1.29 is 0 Å². The van der Waals surface area contributed by atoms with Gasteiger partial charge in [-0.25, -0.2) is 9.97 Å². The second-order valence-electron chi connectivity index (χ2n) is 4.81. The Balaban J connectivity index is 1.93. The lowest BCUT2D eigenvalue weighted by atomic mass is 10.2. The summed E-state index contributed by atoms with van der Waals surface area (Å²) in [7, 11) is 0. The molecule has 0 amide bonds. The number of nitrogens with zero attached hydrogens (tertiary/aromatic N) is 5. The Kier molecular flexibility index (Phi) is 4.82. The summed E-state index contributed by atoms with van der Waals surface area (Å²) in [6.07, 6.45) is 3.51. The van der Waals surface area contributed by atoms with Crippen molar-refractivity contribution in [3.8, 4) is 11.4 Å². The van der Waals surface area contributed by atoms with E-state index in [1.54, 1.807) is 12.4 Å². The zero-order valence-corrected chi connectivity index (χ0v) is 14.7. The molecule has 1 N–H and O–H groups in total. The monoisotopic (exact) mass is 344 g/mol. The van der Waals surface area contributed by atoms with Crippen LogP contribution in [0.2, 0.25) is 0 Å². The normalized spacial score (nSPS) is 10.7. The molecule has 6 nitrogen and oxygen atoms in total. The largest absolute Gasteiger partial charge is 0.360 e. The van der Waals surface area contributed by atoms with Crippen LogP contribution in [0.5, 0.6) is 0 Å². The van der Waals surface area contributed by atoms with E-state index >= 15 is 0 Å². The molecule has 3 heterocycles. The Hall–Kier alpha value is -2.06. The molecule has 0 bridgehead atoms. The maximum atomic E-state index is 4.68. The minimum atomic E-state index is 0.681. The van der Waals surface area contributed by atoms with Crippen LogP contribution in [0.4, 0.5) is 5.13 Å². The standard InChI is InChI=1S/C15H16N6S2/c1-4-17-14-20-21-15(23-14)22-13-9(2)10(3)18-12(19-13)11-6-5-7-16-8-11/h5-8H,4H2,1-3H3,(H,17,20). The molecule has 118 valence electrons. The van der Waals surface area contributed by atoms with E-state index in [4.69, 9.17) is 0 Å². The molecule has 0 aliphatic rings. The highest BCUT2D eigenvalue weighted by molar-refractivity contribution is 8.01. The number of hydrogen-bond donors (Lipinski definition) is 1. The summed E-state index contributed by atoms with van der Waals surface area (Å²) in [5.74, 6) is 0.681. The molecule has 0 fully saturated rings. The van der Waals surface area contributed by atoms with Crippen LogP contribution in [0.25, 0.3) is 11.4 Å². The van der Waals surface area contributed by atoms with E-state index < -0.39 is 0 Å². The summed E-state index contributed by atoms with van der Waals surface area (Å²) in [5, 5.41) is 13.2. The summed E-state index contributed by atoms with van der Waals surface area (Å²) in [6.45, 7) is 6.88. The van der Waals surface area contributed by atoms with Crippen LogP contribution in [-0.4, -0.2) is 31.7 Å². The van der Waals surface area contributed by atoms with E-state index in [1.165, 1.54) is 23.1 Å². The minimum Gasteiger partial charge on any atom is -0.360 e. The van der Waals surface area contributed by atoms with Crippen LogP contribution in [0, 0.1) is 13.8 Å². The SMILES string of the molecule is CCNc1nnc(Sc2nc(-c3cccnc3)nc(C)c2C)s1. The quantitative estimate of drug-likeness (QED) is 0.709. The van der Waals surface area contributed by atoms with E-state index in [1.807, 2.05) is 32.9 Å². The van der Waals surface area contributed by atoms with E-state index in [0.717, 1.165) is 37.9 Å². The van der Waals surface area contributed by atoms with Crippen LogP contribution in [0.1, 0.15) is 18.2 Å². The van der Waals surface area contributed by atoms with Crippen LogP contribution < -0.4 is 5.32 Å². The number of rotatable bonds is 5. The van der Waals surface area contributed by atoms with Crippen molar-refractivity contribution in [1.82, 2.24) is 25.1 Å². The van der Waals surface area contributed by atoms with Crippen molar-refractivity contribution in [2.75, 3.05) is 11.9 Å². The first-order valence-electron chi connectivity index (χ1n) is 7.18. The molecule has 8 heteroatoms. The molecule has 0 aromatic carbocycles. The molecule has 0 radical (unpaired) electrons. The van der Waals surface area contributed by atoms with Crippen molar-refractivity contribution in [1.29, 1.82) is 0 Å². The highest BCUT2D eigenvalue weighted by Gasteiger charge is 2.13. The van der Waals surface area contributed by atoms with Crippen molar-refractivity contribution in [3.63, 3.8) is 0 Å². The van der Waals surface area contributed by atoms with Crippen molar-refractivity contribution >= 4 is 28.2 Å². The lowest BCUT2D eigenvalue weighted by Gasteiger charge is -2.08. The molecular weight excluding hydrogens is 328 g/mol. The Bertz CT molecular complexity index is 803. The van der Waals surface area contributed by atoms with Gasteiger partial charge in [-0.2, -0.15) is 0 Å². The number of aromatic nitrogens is 5. The van der Waals surface area contributed by atoms with Crippen molar-refractivity contribution in [2.45, 2.75) is 30.1 Å². The van der Waals surface area contributed by atoms with Crippen molar-refractivity contribution in [2.24, 2.45) is 0 Å². The predicted octanol–water partition coefficient (Wildman–Crippen LogP) is 3.59. The smallest absolute Gasteiger partial charge is 0.206 e. The molecule has 3 rings (SSSR count). The van der Waals surface area contributed by atoms with Gasteiger partial charge in [-0.3, -0.25) is 4.98 Å². The van der Waals surface area contributed by atoms with Crippen LogP contribution in [0.15, 0.2) is 33.9 Å². The predicted molar refractivity (Wildman–Crippen MR) is 92.9 cm³/mol. The summed E-state index contributed by atoms with van der Waals surface area (Å²) in [6, 6.07) is 3.84. The zero-order valence-electron chi connectivity index (χ0n) is 13.1. The first kappa shape index (κ1) is 15.8. The summed E-state index contributed by atoms with van der Waals surface area (Å²) < 4.78 is 0.860. The van der Waals surface area contributed by atoms with Gasteiger partial charge in [0.25, 0.3) is 0 Å². The third-order valence-corrected chi connectivity index (χ3v) is 5.21. The lowest BCUT2D eigenvalue weighted by Crippen LogP contribution is -1.98. The van der Waals surface area contributed by atoms with Gasteiger partial charge in [0.2, 0.25) is 5.13 Å². The molecular formula is C15H16N6S2. The molecule has 0 atom stereocenters. The van der Waals surface area contributed by atoms with Gasteiger partial charge in [0.1, 0.15) is 5.03 Å². The Morgan fingerprint density at radius 3 is 2.83 bits per heavy atom. The highest BCUT2D eigenvalue weighted by atomic mass is 32.2. The van der Waals surface area contributed by atoms with Gasteiger partial charge >= 0.3 is 0 Å². The molecule has 0 saturated carbocycles. The lowest BCUT2D eigenvalue weighted by molar-refractivity contribution is 0.960. The topological polar surface area (TPSA) is 76.5 Å². The molecule has 0 saturated heterocycles. The van der Waals surface area contributed by atoms with Gasteiger partial charge in [0, 0.05) is 35.8 Å². The molecule has 0 unspecified atom stereocenters. The molecule has 0 aliphatic carbocycles. The van der Waals surface area contributed by atoms with E-state index in [2.05, 4.69) is 30.5 Å². The Labute approximate surface area is 142 Å². The number of pyridine rings is 1. The average Bonchev–Trinajstić information content (AvgIpc) is 3.00. The highest BCUT2D eigenvalue weighted by Crippen LogP contribution is 2.34. The van der Waals surface area contributed by atoms with Crippen LogP contribution in [0.3, 0.4) is 0 Å². The molecule has 0 aliphatic heterocycles. The first-order valence-corrected chi connectivity index (χ1v) is 8.81. The van der Waals surface area contributed by atoms with Gasteiger partial charge < -0.3 is 5.32 Å². The van der Waals surface area contributed by atoms with Gasteiger partial charge in [-0.15, -0.1) is 10.2 Å². The number of hydrogen-bond acceptors (Lipinski definition) is 8. The number of anilines is 1. The fraction of sp³-hybridized carbons (Fsp3) is 0.267. The summed E-state index contributed by atoms with van der Waals surface area (Å²) in [4.78, 5) is 13.4. The molecule has 23 heavy (non-hydrogen) atoms. The second-order valence-corrected chi connectivity index (χ2v) is 7.02. The Morgan fingerprint density at radius 1 is 1.22 bits per heavy atom. The average molecular weight is 344 g/mol. The van der Waals surface area contributed by atoms with E-state index in [0.29, 0.717) is 5.82 Å². The second kappa shape index (κ2) is 7.01. The summed E-state index contributed by atoms with van der Waals surface area (Å²) in [5.41, 5.74) is 2.92. The molecule has 3 aromatic rings. The van der Waals surface area contributed by atoms with Crippen LogP contribution in [-0.2, 0) is 0 Å². The summed E-state index contributed by atoms with van der Waals surface area (Å²) >= 11 is 3.04. The zero-order chi connectivity index (χ0) is 16.2. The van der Waals surface area contributed by atoms with E-state index in [-0.39, 0.29) is 0 Å². The van der Waals surface area contributed by atoms with Gasteiger partial charge in [0.15, 0.2) is 10.2 Å².